The largest absolute Gasteiger partial charge is 0.307 e. The Morgan fingerprint density at radius 3 is 2.55 bits per heavy atom. The van der Waals surface area contributed by atoms with Gasteiger partial charge >= 0.3 is 0 Å². The molecule has 1 aliphatic carbocycles. The molecule has 0 amide bonds. The molecule has 1 saturated carbocycles. The summed E-state index contributed by atoms with van der Waals surface area (Å²) >= 11 is 3.71. The van der Waals surface area contributed by atoms with Crippen LogP contribution in [-0.4, -0.2) is 40.9 Å². The molecule has 1 aromatic heterocycles. The third-order valence-corrected chi connectivity index (χ3v) is 5.32. The number of hydrogen-bond donors (Lipinski definition) is 1. The van der Waals surface area contributed by atoms with Crippen LogP contribution in [0.4, 0.5) is 0 Å². The quantitative estimate of drug-likeness (QED) is 0.861. The number of rotatable bonds is 6. The number of nitrogens with one attached hydrogen (secondary N) is 1. The maximum absolute atomic E-state index is 4.51. The molecular formula is C15H27BrN4. The van der Waals surface area contributed by atoms with Crippen LogP contribution in [-0.2, 0) is 6.54 Å². The molecule has 1 fully saturated rings. The van der Waals surface area contributed by atoms with Gasteiger partial charge in [0.05, 0.1) is 22.4 Å². The molecule has 5 heteroatoms. The Morgan fingerprint density at radius 1 is 1.40 bits per heavy atom. The van der Waals surface area contributed by atoms with E-state index >= 15 is 0 Å². The van der Waals surface area contributed by atoms with E-state index in [0.717, 1.165) is 17.6 Å². The summed E-state index contributed by atoms with van der Waals surface area (Å²) in [6, 6.07) is 0.321. The zero-order valence-electron chi connectivity index (χ0n) is 13.1. The summed E-state index contributed by atoms with van der Waals surface area (Å²) in [4.78, 5) is 2.42. The molecule has 20 heavy (non-hydrogen) atoms. The number of likely N-dealkylation sites (N-methyl/N-ethyl adjacent to an activating group) is 2. The molecule has 0 aromatic carbocycles. The van der Waals surface area contributed by atoms with Crippen LogP contribution in [0.1, 0.15) is 51.3 Å². The molecule has 1 N–H and O–H groups in total. The predicted molar refractivity (Wildman–Crippen MR) is 86.9 cm³/mol. The fourth-order valence-electron chi connectivity index (χ4n) is 3.64. The smallest absolute Gasteiger partial charge is 0.0714 e. The zero-order valence-corrected chi connectivity index (χ0v) is 14.7. The fourth-order valence-corrected chi connectivity index (χ4v) is 4.16. The maximum atomic E-state index is 4.51. The van der Waals surface area contributed by atoms with Crippen LogP contribution >= 0.6 is 15.9 Å². The van der Waals surface area contributed by atoms with Crippen molar-refractivity contribution in [1.82, 2.24) is 20.0 Å². The number of hydrogen-bond acceptors (Lipinski definition) is 3. The lowest BCUT2D eigenvalue weighted by Crippen LogP contribution is -2.52. The van der Waals surface area contributed by atoms with E-state index in [2.05, 4.69) is 63.9 Å². The van der Waals surface area contributed by atoms with Gasteiger partial charge in [-0.25, -0.2) is 0 Å². The molecule has 0 saturated heterocycles. The molecule has 0 radical (unpaired) electrons. The summed E-state index contributed by atoms with van der Waals surface area (Å²) in [5.74, 6) is 0. The minimum absolute atomic E-state index is 0.200. The van der Waals surface area contributed by atoms with E-state index in [4.69, 9.17) is 0 Å². The predicted octanol–water partition coefficient (Wildman–Crippen LogP) is 3.19. The standard InChI is InChI=1S/C15H27BrN4/c1-5-17-14(13-12(16)11-18-20(13)6-2)15(19(3)4)9-7-8-10-15/h11,14,17H,5-10H2,1-4H3. The lowest BCUT2D eigenvalue weighted by atomic mass is 9.84. The molecule has 0 aliphatic heterocycles. The Hall–Kier alpha value is -0.390. The molecule has 0 bridgehead atoms. The SMILES string of the molecule is CCNC(c1c(Br)cnn1CC)C1(N(C)C)CCCC1. The van der Waals surface area contributed by atoms with Crippen LogP contribution in [0.15, 0.2) is 10.7 Å². The lowest BCUT2D eigenvalue weighted by Gasteiger charge is -2.44. The van der Waals surface area contributed by atoms with Gasteiger partial charge in [-0.2, -0.15) is 5.10 Å². The van der Waals surface area contributed by atoms with Crippen LogP contribution < -0.4 is 5.32 Å². The van der Waals surface area contributed by atoms with E-state index in [1.807, 2.05) is 6.20 Å². The molecular weight excluding hydrogens is 316 g/mol. The van der Waals surface area contributed by atoms with Crippen molar-refractivity contribution >= 4 is 15.9 Å². The Balaban J connectivity index is 2.46. The molecule has 1 atom stereocenters. The second-order valence-corrected chi connectivity index (χ2v) is 6.74. The average molecular weight is 343 g/mol. The number of nitrogens with zero attached hydrogens (tertiary/aromatic N) is 3. The highest BCUT2D eigenvalue weighted by atomic mass is 79.9. The minimum Gasteiger partial charge on any atom is -0.307 e. The van der Waals surface area contributed by atoms with E-state index < -0.39 is 0 Å². The fraction of sp³-hybridized carbons (Fsp3) is 0.800. The first kappa shape index (κ1) is 16.0. The first-order valence-corrected chi connectivity index (χ1v) is 8.48. The highest BCUT2D eigenvalue weighted by Gasteiger charge is 2.45. The molecule has 1 aromatic rings. The van der Waals surface area contributed by atoms with Crippen LogP contribution in [0, 0.1) is 0 Å². The monoisotopic (exact) mass is 342 g/mol. The van der Waals surface area contributed by atoms with Crippen LogP contribution in [0.3, 0.4) is 0 Å². The summed E-state index contributed by atoms with van der Waals surface area (Å²) in [5.41, 5.74) is 1.50. The van der Waals surface area contributed by atoms with Gasteiger partial charge in [0.2, 0.25) is 0 Å². The third-order valence-electron chi connectivity index (χ3n) is 4.71. The average Bonchev–Trinajstić information content (AvgIpc) is 3.04. The lowest BCUT2D eigenvalue weighted by molar-refractivity contribution is 0.101. The van der Waals surface area contributed by atoms with Crippen molar-refractivity contribution in [2.45, 2.75) is 57.7 Å². The molecule has 1 unspecified atom stereocenters. The highest BCUT2D eigenvalue weighted by Crippen LogP contribution is 2.44. The van der Waals surface area contributed by atoms with Crippen molar-refractivity contribution in [2.75, 3.05) is 20.6 Å². The van der Waals surface area contributed by atoms with Gasteiger partial charge in [-0.1, -0.05) is 19.8 Å². The van der Waals surface area contributed by atoms with E-state index in [0.29, 0.717) is 6.04 Å². The number of halogens is 1. The Morgan fingerprint density at radius 2 is 2.05 bits per heavy atom. The van der Waals surface area contributed by atoms with Crippen molar-refractivity contribution in [3.8, 4) is 0 Å². The summed E-state index contributed by atoms with van der Waals surface area (Å²) < 4.78 is 3.25. The molecule has 1 aliphatic rings. The van der Waals surface area contributed by atoms with Gasteiger partial charge < -0.3 is 10.2 Å². The Labute approximate surface area is 131 Å². The normalized spacial score (nSPS) is 19.7. The first-order valence-electron chi connectivity index (χ1n) is 7.68. The number of aryl methyl sites for hydroxylation is 1. The zero-order chi connectivity index (χ0) is 14.8. The van der Waals surface area contributed by atoms with Crippen LogP contribution in [0.25, 0.3) is 0 Å². The van der Waals surface area contributed by atoms with Gasteiger partial charge in [-0.05, 0) is 56.3 Å². The van der Waals surface area contributed by atoms with Gasteiger partial charge in [-0.15, -0.1) is 0 Å². The molecule has 114 valence electrons. The van der Waals surface area contributed by atoms with Crippen molar-refractivity contribution in [3.63, 3.8) is 0 Å². The minimum atomic E-state index is 0.200. The van der Waals surface area contributed by atoms with Gasteiger partial charge in [0.1, 0.15) is 0 Å². The van der Waals surface area contributed by atoms with Crippen molar-refractivity contribution in [3.05, 3.63) is 16.4 Å². The highest BCUT2D eigenvalue weighted by molar-refractivity contribution is 9.10. The maximum Gasteiger partial charge on any atom is 0.0714 e. The van der Waals surface area contributed by atoms with Gasteiger partial charge in [-0.3, -0.25) is 4.68 Å². The molecule has 4 nitrogen and oxygen atoms in total. The second-order valence-electron chi connectivity index (χ2n) is 5.89. The van der Waals surface area contributed by atoms with E-state index in [1.165, 1.54) is 31.4 Å². The topological polar surface area (TPSA) is 33.1 Å². The Kier molecular flexibility index (Phi) is 5.26. The number of aromatic nitrogens is 2. The van der Waals surface area contributed by atoms with E-state index in [-0.39, 0.29) is 5.54 Å². The summed E-state index contributed by atoms with van der Waals surface area (Å²) in [6.45, 7) is 6.22. The molecule has 0 spiro atoms. The summed E-state index contributed by atoms with van der Waals surface area (Å²) in [5, 5.41) is 8.24. The molecule has 2 rings (SSSR count). The molecule has 1 heterocycles. The van der Waals surface area contributed by atoms with E-state index in [9.17, 15) is 0 Å². The van der Waals surface area contributed by atoms with Gasteiger partial charge in [0, 0.05) is 12.1 Å². The van der Waals surface area contributed by atoms with Crippen LogP contribution in [0.2, 0.25) is 0 Å². The third kappa shape index (κ3) is 2.68. The Bertz CT molecular complexity index is 435. The first-order chi connectivity index (χ1) is 9.56. The van der Waals surface area contributed by atoms with Crippen molar-refractivity contribution in [2.24, 2.45) is 0 Å². The van der Waals surface area contributed by atoms with Gasteiger partial charge in [0.25, 0.3) is 0 Å². The van der Waals surface area contributed by atoms with Gasteiger partial charge in [0.15, 0.2) is 0 Å². The van der Waals surface area contributed by atoms with Crippen molar-refractivity contribution in [1.29, 1.82) is 0 Å². The van der Waals surface area contributed by atoms with Crippen molar-refractivity contribution < 1.29 is 0 Å². The van der Waals surface area contributed by atoms with E-state index in [1.54, 1.807) is 0 Å². The summed E-state index contributed by atoms with van der Waals surface area (Å²) in [7, 11) is 4.44. The van der Waals surface area contributed by atoms with Crippen LogP contribution in [0.5, 0.6) is 0 Å². The second kappa shape index (κ2) is 6.58. The summed E-state index contributed by atoms with van der Waals surface area (Å²) in [6.07, 6.45) is 7.06.